The first-order chi connectivity index (χ1) is 47.8. The molecule has 2 aromatic carbocycles. The van der Waals surface area contributed by atoms with Crippen LogP contribution in [0.3, 0.4) is 0 Å². The normalized spacial score (nSPS) is 22.5. The van der Waals surface area contributed by atoms with Gasteiger partial charge in [-0.3, -0.25) is 14.3 Å². The van der Waals surface area contributed by atoms with Crippen LogP contribution in [-0.4, -0.2) is 158 Å². The summed E-state index contributed by atoms with van der Waals surface area (Å²) in [5, 5.41) is 43.3. The van der Waals surface area contributed by atoms with Crippen molar-refractivity contribution in [2.24, 2.45) is 27.9 Å². The molecule has 4 aliphatic carbocycles. The van der Waals surface area contributed by atoms with Crippen LogP contribution in [0.1, 0.15) is 165 Å². The number of fused-ring (bicyclic) bond motifs is 2. The zero-order chi connectivity index (χ0) is 72.4. The number of carboxylic acids is 1. The Balaban J connectivity index is 0.759. The number of rotatable bonds is 28. The van der Waals surface area contributed by atoms with Gasteiger partial charge < -0.3 is 76.2 Å². The van der Waals surface area contributed by atoms with E-state index in [4.69, 9.17) is 49.6 Å². The number of anilines is 5. The number of para-hydroxylation sites is 1. The fraction of sp³-hybridized carbons (Fsp3) is 0.575. The van der Waals surface area contributed by atoms with E-state index in [2.05, 4.69) is 55.5 Å². The van der Waals surface area contributed by atoms with Gasteiger partial charge >= 0.3 is 24.2 Å². The van der Waals surface area contributed by atoms with Crippen molar-refractivity contribution in [2.45, 2.75) is 202 Å². The number of alkyl carbamates (subject to hydrolysis) is 1. The SMILES string of the molecule is CNCc1cc(NC(=O)[C@H](CCCNC(N)=O)NC(=O)[C@@H](NC(=O)OC(C)(C)C)C(C)C)ccc1COC(=O)N(CCO[C@@]12CC3(Cn4ncc(-c5ccc(N6CCCc7c6nnc(Nc6nc8ccccc8s6)c7C)nc5C(=O)O)c4C)C[C@@](C)(C[C@@](C)(C3)C1)C2)CC[C@H]1COC(C)(C)O1. The Morgan fingerprint density at radius 1 is 0.891 bits per heavy atom. The predicted octanol–water partition coefficient (Wildman–Crippen LogP) is 10.9. The summed E-state index contributed by atoms with van der Waals surface area (Å²) >= 11 is 1.55. The molecule has 6 aromatic rings. The molecule has 1 unspecified atom stereocenters. The highest BCUT2D eigenvalue weighted by atomic mass is 32.1. The molecule has 544 valence electrons. The molecule has 0 spiro atoms. The van der Waals surface area contributed by atoms with E-state index in [1.165, 1.54) is 0 Å². The van der Waals surface area contributed by atoms with Gasteiger partial charge in [-0.1, -0.05) is 57.2 Å². The summed E-state index contributed by atoms with van der Waals surface area (Å²) in [6.07, 6.45) is 8.30. The first-order valence-electron chi connectivity index (χ1n) is 35.1. The fourth-order valence-electron chi connectivity index (χ4n) is 16.8. The Morgan fingerprint density at radius 2 is 1.65 bits per heavy atom. The number of aromatic nitrogens is 6. The van der Waals surface area contributed by atoms with Crippen LogP contribution in [0, 0.1) is 36.0 Å². The van der Waals surface area contributed by atoms with Crippen LogP contribution in [0.5, 0.6) is 0 Å². The number of benzene rings is 2. The molecule has 4 bridgehead atoms. The first-order valence-corrected chi connectivity index (χ1v) is 35.9. The highest BCUT2D eigenvalue weighted by Gasteiger charge is 2.66. The second-order valence-electron chi connectivity index (χ2n) is 30.9. The standard InChI is InChI=1S/C73H99N15O12S/c1-43(2)57(82-66(94)100-68(5,6)7)62(90)79-54(19-15-26-76-64(74)93)61(89)78-48-22-21-46(47(31-48)32-75-12)34-96-67(95)86(28-25-49-35-98-69(8,9)99-49)29-30-97-73-39-70(10)36-71(11,40-73)38-72(37-70,41-73)42-88-45(4)52(33-77-88)51-23-24-56(81-58(51)63(91)92)87-27-16-17-50-44(3)59(84-85-60(50)87)83-65-80-53-18-13-14-20-55(53)101-65/h13-14,18,20-24,31,33,43,49,54,57,75H,15-17,19,25-30,32,34-42H2,1-12H3,(H,78,89)(H,79,90)(H,82,94)(H,91,92)(H3,74,76,93)(H,80,83,84)/t49-,54-,57-,70-,71+,72?,73-/m0/s1. The van der Waals surface area contributed by atoms with Crippen molar-refractivity contribution in [1.29, 1.82) is 0 Å². The Kier molecular flexibility index (Phi) is 21.7. The summed E-state index contributed by atoms with van der Waals surface area (Å²) in [7, 11) is 1.78. The molecule has 28 heteroatoms. The van der Waals surface area contributed by atoms with Gasteiger partial charge in [0.15, 0.2) is 28.2 Å². The minimum atomic E-state index is -1.15. The molecule has 2 aliphatic heterocycles. The summed E-state index contributed by atoms with van der Waals surface area (Å²) in [6, 6.07) is 14.1. The molecule has 27 nitrogen and oxygen atoms in total. The molecular formula is C73H99N15O12S. The lowest BCUT2D eigenvalue weighted by Crippen LogP contribution is -2.64. The Labute approximate surface area is 593 Å². The van der Waals surface area contributed by atoms with Crippen molar-refractivity contribution < 1.29 is 57.6 Å². The van der Waals surface area contributed by atoms with Crippen molar-refractivity contribution in [1.82, 2.24) is 56.1 Å². The molecule has 6 aliphatic rings. The number of carbonyl (C=O) groups is 6. The number of ether oxygens (including phenoxy) is 5. The van der Waals surface area contributed by atoms with Crippen LogP contribution < -0.4 is 42.5 Å². The van der Waals surface area contributed by atoms with E-state index in [-0.39, 0.29) is 66.7 Å². The summed E-state index contributed by atoms with van der Waals surface area (Å²) in [5.41, 5.74) is 10.5. The number of aromatic carboxylic acids is 1. The number of urea groups is 1. The minimum Gasteiger partial charge on any atom is -0.476 e. The predicted molar refractivity (Wildman–Crippen MR) is 383 cm³/mol. The molecule has 5 fully saturated rings. The van der Waals surface area contributed by atoms with E-state index in [0.717, 1.165) is 89.1 Å². The van der Waals surface area contributed by atoms with Gasteiger partial charge in [-0.15, -0.1) is 10.2 Å². The van der Waals surface area contributed by atoms with E-state index in [1.807, 2.05) is 69.0 Å². The number of nitrogens with two attached hydrogens (primary N) is 1. The average molecular weight is 1410 g/mol. The van der Waals surface area contributed by atoms with Crippen LogP contribution in [0.2, 0.25) is 0 Å². The van der Waals surface area contributed by atoms with Crippen LogP contribution in [0.25, 0.3) is 21.3 Å². The van der Waals surface area contributed by atoms with Crippen molar-refractivity contribution in [3.63, 3.8) is 0 Å². The zero-order valence-electron chi connectivity index (χ0n) is 60.2. The number of carboxylic acid groups (broad SMARTS) is 1. The molecule has 7 atom stereocenters. The van der Waals surface area contributed by atoms with Crippen LogP contribution >= 0.6 is 11.3 Å². The van der Waals surface area contributed by atoms with E-state index in [9.17, 15) is 33.9 Å². The summed E-state index contributed by atoms with van der Waals surface area (Å²) in [6.45, 7) is 24.0. The maximum atomic E-state index is 14.5. The maximum Gasteiger partial charge on any atom is 0.410 e. The quantitative estimate of drug-likeness (QED) is 0.0212. The number of carbonyl (C=O) groups excluding carboxylic acids is 5. The van der Waals surface area contributed by atoms with Crippen LogP contribution in [0.4, 0.5) is 42.7 Å². The van der Waals surface area contributed by atoms with Crippen molar-refractivity contribution >= 4 is 85.8 Å². The van der Waals surface area contributed by atoms with Gasteiger partial charge in [0.05, 0.1) is 41.3 Å². The maximum absolute atomic E-state index is 14.5. The van der Waals surface area contributed by atoms with E-state index in [1.54, 1.807) is 82.3 Å². The highest BCUT2D eigenvalue weighted by Crippen LogP contribution is 2.72. The molecule has 9 N–H and O–H groups in total. The molecular weight excluding hydrogens is 1310 g/mol. The molecule has 4 saturated carbocycles. The van der Waals surface area contributed by atoms with Gasteiger partial charge in [-0.05, 0) is 196 Å². The van der Waals surface area contributed by atoms with E-state index >= 15 is 0 Å². The van der Waals surface area contributed by atoms with Gasteiger partial charge in [-0.25, -0.2) is 29.1 Å². The van der Waals surface area contributed by atoms with Crippen molar-refractivity contribution in [2.75, 3.05) is 62.0 Å². The minimum absolute atomic E-state index is 0.0233. The first kappa shape index (κ1) is 73.6. The van der Waals surface area contributed by atoms with Gasteiger partial charge in [0.2, 0.25) is 11.8 Å². The molecule has 6 heterocycles. The average Bonchev–Trinajstić information content (AvgIpc) is 0.883. The van der Waals surface area contributed by atoms with Gasteiger partial charge in [0.1, 0.15) is 30.1 Å². The Hall–Kier alpha value is -8.57. The molecule has 6 amide bonds. The lowest BCUT2D eigenvalue weighted by Gasteiger charge is -2.69. The van der Waals surface area contributed by atoms with Gasteiger partial charge in [-0.2, -0.15) is 5.10 Å². The molecule has 12 rings (SSSR count). The Morgan fingerprint density at radius 3 is 2.35 bits per heavy atom. The molecule has 101 heavy (non-hydrogen) atoms. The molecule has 1 saturated heterocycles. The van der Waals surface area contributed by atoms with Crippen molar-refractivity contribution in [3.8, 4) is 11.1 Å². The fourth-order valence-corrected chi connectivity index (χ4v) is 17.7. The Bertz CT molecular complexity index is 4020. The van der Waals surface area contributed by atoms with Gasteiger partial charge in [0.25, 0.3) is 0 Å². The third kappa shape index (κ3) is 17.5. The summed E-state index contributed by atoms with van der Waals surface area (Å²) in [5.74, 6) is -1.65. The molecule has 4 aromatic heterocycles. The van der Waals surface area contributed by atoms with Crippen molar-refractivity contribution in [3.05, 3.63) is 94.4 Å². The highest BCUT2D eigenvalue weighted by molar-refractivity contribution is 7.22. The summed E-state index contributed by atoms with van der Waals surface area (Å²) < 4.78 is 34.1. The lowest BCUT2D eigenvalue weighted by atomic mass is 9.39. The second-order valence-corrected chi connectivity index (χ2v) is 31.9. The van der Waals surface area contributed by atoms with Crippen LogP contribution in [0.15, 0.2) is 60.8 Å². The number of amides is 6. The summed E-state index contributed by atoms with van der Waals surface area (Å²) in [4.78, 5) is 93.2. The van der Waals surface area contributed by atoms with Crippen LogP contribution in [-0.2, 0) is 59.4 Å². The number of hydrogen-bond donors (Lipinski definition) is 8. The van der Waals surface area contributed by atoms with E-state index in [0.29, 0.717) is 85.5 Å². The zero-order valence-corrected chi connectivity index (χ0v) is 61.0. The second kappa shape index (κ2) is 29.8. The smallest absolute Gasteiger partial charge is 0.410 e. The topological polar surface area (TPSA) is 343 Å². The largest absolute Gasteiger partial charge is 0.476 e. The number of pyridine rings is 1. The number of nitrogens with one attached hydrogen (secondary N) is 6. The van der Waals surface area contributed by atoms with E-state index < -0.39 is 65.1 Å². The van der Waals surface area contributed by atoms with Gasteiger partial charge in [0, 0.05) is 72.9 Å². The number of primary amides is 1. The number of hydrogen-bond acceptors (Lipinski definition) is 20. The number of nitrogens with zero attached hydrogens (tertiary/aromatic N) is 8. The molecule has 0 radical (unpaired) electrons. The number of thiazole rings is 1. The third-order valence-electron chi connectivity index (χ3n) is 20.0. The third-order valence-corrected chi connectivity index (χ3v) is 21.0. The lowest BCUT2D eigenvalue weighted by molar-refractivity contribution is -0.248. The monoisotopic (exact) mass is 1410 g/mol.